The van der Waals surface area contributed by atoms with Gasteiger partial charge in [-0.1, -0.05) is 18.2 Å². The molecular formula is C28H39N5O2. The summed E-state index contributed by atoms with van der Waals surface area (Å²) in [6, 6.07) is 12.1. The number of hydrogen-bond acceptors (Lipinski definition) is 6. The van der Waals surface area contributed by atoms with Crippen molar-refractivity contribution in [3.05, 3.63) is 53.1 Å². The van der Waals surface area contributed by atoms with Gasteiger partial charge in [-0.25, -0.2) is 5.43 Å². The Morgan fingerprint density at radius 1 is 1.06 bits per heavy atom. The molecule has 188 valence electrons. The highest BCUT2D eigenvalue weighted by Crippen LogP contribution is 2.43. The van der Waals surface area contributed by atoms with Gasteiger partial charge in [0.1, 0.15) is 11.4 Å². The summed E-state index contributed by atoms with van der Waals surface area (Å²) in [5, 5.41) is 0. The van der Waals surface area contributed by atoms with E-state index in [1.54, 1.807) is 13.1 Å². The van der Waals surface area contributed by atoms with Gasteiger partial charge in [0.15, 0.2) is 0 Å². The van der Waals surface area contributed by atoms with Crippen LogP contribution >= 0.6 is 0 Å². The highest BCUT2D eigenvalue weighted by atomic mass is 16.5. The molecule has 0 aromatic heterocycles. The number of likely N-dealkylation sites (tertiary alicyclic amines) is 2. The van der Waals surface area contributed by atoms with E-state index in [-0.39, 0.29) is 11.5 Å². The van der Waals surface area contributed by atoms with Crippen molar-refractivity contribution in [1.82, 2.24) is 15.2 Å². The van der Waals surface area contributed by atoms with Crippen LogP contribution in [0.15, 0.2) is 36.4 Å². The third kappa shape index (κ3) is 4.98. The van der Waals surface area contributed by atoms with Crippen LogP contribution in [0.5, 0.6) is 5.75 Å². The predicted molar refractivity (Wildman–Crippen MR) is 140 cm³/mol. The number of benzene rings is 2. The van der Waals surface area contributed by atoms with E-state index in [4.69, 9.17) is 10.5 Å². The van der Waals surface area contributed by atoms with Crippen LogP contribution < -0.4 is 21.3 Å². The molecule has 1 amide bonds. The summed E-state index contributed by atoms with van der Waals surface area (Å²) in [6.07, 6.45) is 5.55. The topological polar surface area (TPSA) is 82.9 Å². The summed E-state index contributed by atoms with van der Waals surface area (Å²) in [5.74, 6) is 1.20. The number of para-hydroxylation sites is 1. The molecule has 0 saturated carbocycles. The van der Waals surface area contributed by atoms with Crippen LogP contribution in [0.2, 0.25) is 0 Å². The van der Waals surface area contributed by atoms with Crippen molar-refractivity contribution in [2.75, 3.05) is 44.4 Å². The Bertz CT molecular complexity index is 1080. The molecule has 3 aliphatic heterocycles. The molecule has 35 heavy (non-hydrogen) atoms. The molecule has 0 radical (unpaired) electrons. The molecule has 7 heteroatoms. The van der Waals surface area contributed by atoms with E-state index in [0.29, 0.717) is 16.7 Å². The number of hydrazine groups is 1. The number of carbonyl (C=O) groups is 1. The number of nitrogen functional groups attached to an aromatic ring is 1. The fourth-order valence-electron chi connectivity index (χ4n) is 6.04. The standard InChI is InChI=1S/C28H39N5O2/c1-27(2)18-21-5-4-6-22(25(21)35-27)19-32-13-9-28(10-14-32)11-15-33(16-12-28)26(34)20-7-8-24(31-30-3)23(29)17-20/h4-8,17,30-31H,9-16,18-19,29H2,1-3H3. The first-order valence-electron chi connectivity index (χ1n) is 12.9. The molecular weight excluding hydrogens is 438 g/mol. The number of fused-ring (bicyclic) bond motifs is 1. The molecule has 0 bridgehead atoms. The van der Waals surface area contributed by atoms with Gasteiger partial charge in [-0.05, 0) is 81.8 Å². The van der Waals surface area contributed by atoms with Crippen LogP contribution in [0.3, 0.4) is 0 Å². The summed E-state index contributed by atoms with van der Waals surface area (Å²) < 4.78 is 6.29. The molecule has 3 aliphatic rings. The van der Waals surface area contributed by atoms with Crippen LogP contribution in [-0.2, 0) is 13.0 Å². The monoisotopic (exact) mass is 477 g/mol. The van der Waals surface area contributed by atoms with Gasteiger partial charge in [-0.15, -0.1) is 0 Å². The third-order valence-electron chi connectivity index (χ3n) is 8.15. The van der Waals surface area contributed by atoms with Crippen molar-refractivity contribution in [2.45, 2.75) is 58.1 Å². The second kappa shape index (κ2) is 9.36. The van der Waals surface area contributed by atoms with Gasteiger partial charge in [0.2, 0.25) is 0 Å². The lowest BCUT2D eigenvalue weighted by molar-refractivity contribution is 0.0282. The Morgan fingerprint density at radius 3 is 2.46 bits per heavy atom. The van der Waals surface area contributed by atoms with Gasteiger partial charge in [0.05, 0.1) is 11.4 Å². The van der Waals surface area contributed by atoms with Gasteiger partial charge in [-0.3, -0.25) is 9.69 Å². The molecule has 1 spiro atoms. The number of nitrogens with two attached hydrogens (primary N) is 1. The van der Waals surface area contributed by atoms with E-state index >= 15 is 0 Å². The number of nitrogens with zero attached hydrogens (tertiary/aromatic N) is 2. The van der Waals surface area contributed by atoms with E-state index in [1.165, 1.54) is 24.0 Å². The summed E-state index contributed by atoms with van der Waals surface area (Å²) in [4.78, 5) is 17.7. The van der Waals surface area contributed by atoms with E-state index in [0.717, 1.165) is 63.4 Å². The van der Waals surface area contributed by atoms with Gasteiger partial charge in [0.25, 0.3) is 5.91 Å². The second-order valence-corrected chi connectivity index (χ2v) is 11.2. The Morgan fingerprint density at radius 2 is 1.77 bits per heavy atom. The fraction of sp³-hybridized carbons (Fsp3) is 0.536. The largest absolute Gasteiger partial charge is 0.487 e. The number of anilines is 2. The summed E-state index contributed by atoms with van der Waals surface area (Å²) in [6.45, 7) is 9.16. The highest BCUT2D eigenvalue weighted by molar-refractivity contribution is 5.96. The van der Waals surface area contributed by atoms with Gasteiger partial charge in [-0.2, -0.15) is 0 Å². The average Bonchev–Trinajstić information content (AvgIpc) is 3.17. The number of piperidine rings is 2. The quantitative estimate of drug-likeness (QED) is 0.445. The molecule has 2 aromatic rings. The second-order valence-electron chi connectivity index (χ2n) is 11.2. The minimum Gasteiger partial charge on any atom is -0.487 e. The molecule has 2 fully saturated rings. The van der Waals surface area contributed by atoms with Crippen molar-refractivity contribution in [1.29, 1.82) is 0 Å². The van der Waals surface area contributed by atoms with E-state index in [2.05, 4.69) is 47.8 Å². The molecule has 4 N–H and O–H groups in total. The lowest BCUT2D eigenvalue weighted by atomic mass is 9.71. The van der Waals surface area contributed by atoms with Crippen molar-refractivity contribution in [3.63, 3.8) is 0 Å². The maximum Gasteiger partial charge on any atom is 0.253 e. The molecule has 5 rings (SSSR count). The van der Waals surface area contributed by atoms with Crippen molar-refractivity contribution < 1.29 is 9.53 Å². The lowest BCUT2D eigenvalue weighted by Crippen LogP contribution is -2.48. The minimum absolute atomic E-state index is 0.0841. The summed E-state index contributed by atoms with van der Waals surface area (Å²) in [5.41, 5.74) is 16.9. The lowest BCUT2D eigenvalue weighted by Gasteiger charge is -2.47. The normalized spacial score (nSPS) is 20.9. The summed E-state index contributed by atoms with van der Waals surface area (Å²) in [7, 11) is 1.79. The summed E-state index contributed by atoms with van der Waals surface area (Å²) >= 11 is 0. The average molecular weight is 478 g/mol. The van der Waals surface area contributed by atoms with E-state index in [1.807, 2.05) is 17.0 Å². The molecule has 7 nitrogen and oxygen atoms in total. The number of rotatable bonds is 5. The first kappa shape index (κ1) is 23.9. The zero-order valence-corrected chi connectivity index (χ0v) is 21.3. The predicted octanol–water partition coefficient (Wildman–Crippen LogP) is 4.05. The maximum atomic E-state index is 13.1. The van der Waals surface area contributed by atoms with Crippen molar-refractivity contribution >= 4 is 17.3 Å². The molecule has 2 aromatic carbocycles. The van der Waals surface area contributed by atoms with Crippen LogP contribution in [0.25, 0.3) is 0 Å². The number of carbonyl (C=O) groups excluding carboxylic acids is 1. The van der Waals surface area contributed by atoms with Gasteiger partial charge < -0.3 is 20.8 Å². The van der Waals surface area contributed by atoms with Crippen molar-refractivity contribution in [3.8, 4) is 5.75 Å². The smallest absolute Gasteiger partial charge is 0.253 e. The molecule has 3 heterocycles. The molecule has 0 atom stereocenters. The fourth-order valence-corrected chi connectivity index (χ4v) is 6.04. The van der Waals surface area contributed by atoms with Crippen LogP contribution in [0.1, 0.15) is 61.0 Å². The van der Waals surface area contributed by atoms with Gasteiger partial charge in [0, 0.05) is 44.2 Å². The zero-order valence-electron chi connectivity index (χ0n) is 21.3. The number of nitrogens with one attached hydrogen (secondary N) is 2. The van der Waals surface area contributed by atoms with E-state index < -0.39 is 0 Å². The van der Waals surface area contributed by atoms with Gasteiger partial charge >= 0.3 is 0 Å². The van der Waals surface area contributed by atoms with E-state index in [9.17, 15) is 4.79 Å². The van der Waals surface area contributed by atoms with Crippen molar-refractivity contribution in [2.24, 2.45) is 5.41 Å². The molecule has 0 unspecified atom stereocenters. The Balaban J connectivity index is 1.15. The Kier molecular flexibility index (Phi) is 6.40. The Hall–Kier alpha value is -2.77. The number of amides is 1. The maximum absolute atomic E-state index is 13.1. The SMILES string of the molecule is CNNc1ccc(C(=O)N2CCC3(CCN(Cc4cccc5c4OC(C)(C)C5)CC3)CC2)cc1N. The Labute approximate surface area is 209 Å². The number of hydrogen-bond donors (Lipinski definition) is 3. The first-order valence-corrected chi connectivity index (χ1v) is 12.9. The third-order valence-corrected chi connectivity index (χ3v) is 8.15. The highest BCUT2D eigenvalue weighted by Gasteiger charge is 2.39. The zero-order chi connectivity index (χ0) is 24.6. The molecule has 0 aliphatic carbocycles. The van der Waals surface area contributed by atoms with Crippen LogP contribution in [0.4, 0.5) is 11.4 Å². The minimum atomic E-state index is -0.104. The first-order chi connectivity index (χ1) is 16.8. The van der Waals surface area contributed by atoms with Crippen LogP contribution in [0, 0.1) is 5.41 Å². The van der Waals surface area contributed by atoms with Crippen LogP contribution in [-0.4, -0.2) is 54.5 Å². The molecule has 2 saturated heterocycles. The number of ether oxygens (including phenoxy) is 1.